The van der Waals surface area contributed by atoms with E-state index in [-0.39, 0.29) is 0 Å². The molecule has 1 aliphatic rings. The van der Waals surface area contributed by atoms with Crippen LogP contribution in [-0.4, -0.2) is 18.0 Å². The van der Waals surface area contributed by atoms with Gasteiger partial charge in [-0.25, -0.2) is 0 Å². The van der Waals surface area contributed by atoms with Crippen LogP contribution in [0.25, 0.3) is 0 Å². The van der Waals surface area contributed by atoms with Crippen molar-refractivity contribution in [2.24, 2.45) is 15.7 Å². The van der Waals surface area contributed by atoms with Crippen molar-refractivity contribution in [3.63, 3.8) is 0 Å². The van der Waals surface area contributed by atoms with Crippen LogP contribution in [0.3, 0.4) is 0 Å². The summed E-state index contributed by atoms with van der Waals surface area (Å²) in [5.74, 6) is 0. The van der Waals surface area contributed by atoms with Gasteiger partial charge in [0.2, 0.25) is 0 Å². The Hall–Kier alpha value is -0.960. The molecule has 0 amide bonds. The van der Waals surface area contributed by atoms with Crippen molar-refractivity contribution < 1.29 is 0 Å². The van der Waals surface area contributed by atoms with Crippen LogP contribution in [0.5, 0.6) is 0 Å². The summed E-state index contributed by atoms with van der Waals surface area (Å²) in [6, 6.07) is 0. The van der Waals surface area contributed by atoms with Crippen molar-refractivity contribution in [2.75, 3.05) is 0 Å². The predicted molar refractivity (Wildman–Crippen MR) is 113 cm³/mol. The van der Waals surface area contributed by atoms with Crippen LogP contribution in [0.2, 0.25) is 0 Å². The number of rotatable bonds is 16. The lowest BCUT2D eigenvalue weighted by atomic mass is 9.95. The van der Waals surface area contributed by atoms with Crippen molar-refractivity contribution >= 4 is 12.4 Å². The molecule has 0 unspecified atom stereocenters. The van der Waals surface area contributed by atoms with Gasteiger partial charge in [-0.15, -0.1) is 0 Å². The quantitative estimate of drug-likeness (QED) is 0.315. The first-order chi connectivity index (χ1) is 12.3. The van der Waals surface area contributed by atoms with E-state index in [1.807, 2.05) is 12.4 Å². The summed E-state index contributed by atoms with van der Waals surface area (Å²) in [6.45, 7) is 2.29. The molecule has 0 atom stereocenters. The van der Waals surface area contributed by atoms with Crippen molar-refractivity contribution in [1.29, 1.82) is 0 Å². The molecule has 2 N–H and O–H groups in total. The molecule has 0 saturated carbocycles. The fraction of sp³-hybridized carbons (Fsp3) is 0.818. The maximum atomic E-state index is 6.27. The third-order valence-corrected chi connectivity index (χ3v) is 5.08. The highest BCUT2D eigenvalue weighted by atomic mass is 14.9. The molecule has 0 aliphatic carbocycles. The van der Waals surface area contributed by atoms with Gasteiger partial charge in [0.1, 0.15) is 0 Å². The zero-order valence-corrected chi connectivity index (χ0v) is 16.6. The first-order valence-electron chi connectivity index (χ1n) is 10.8. The Balaban J connectivity index is 1.80. The second kappa shape index (κ2) is 15.3. The lowest BCUT2D eigenvalue weighted by molar-refractivity contribution is 0.523. The Morgan fingerprint density at radius 3 is 1.36 bits per heavy atom. The minimum Gasteiger partial charge on any atom is -0.316 e. The molecule has 3 heteroatoms. The van der Waals surface area contributed by atoms with Gasteiger partial charge in [-0.3, -0.25) is 9.98 Å². The summed E-state index contributed by atoms with van der Waals surface area (Å²) in [7, 11) is 0. The summed E-state index contributed by atoms with van der Waals surface area (Å²) in [6.07, 6.45) is 28.8. The number of nitrogens with two attached hydrogens (primary N) is 1. The molecule has 1 rings (SSSR count). The second-order valence-corrected chi connectivity index (χ2v) is 7.67. The predicted octanol–water partition coefficient (Wildman–Crippen LogP) is 6.57. The molecule has 0 spiro atoms. The van der Waals surface area contributed by atoms with Crippen LogP contribution < -0.4 is 5.73 Å². The SMILES string of the molecule is CCCCCCCCCCCCCCCCCC1(N)C=NC=CN=C1. The normalized spacial score (nSPS) is 15.6. The van der Waals surface area contributed by atoms with Gasteiger partial charge >= 0.3 is 0 Å². The summed E-state index contributed by atoms with van der Waals surface area (Å²) in [5.41, 5.74) is 5.83. The van der Waals surface area contributed by atoms with Crippen LogP contribution in [0.4, 0.5) is 0 Å². The lowest BCUT2D eigenvalue weighted by Crippen LogP contribution is -2.43. The fourth-order valence-electron chi connectivity index (χ4n) is 3.41. The summed E-state index contributed by atoms with van der Waals surface area (Å²) in [5, 5.41) is 0. The molecule has 0 aromatic rings. The van der Waals surface area contributed by atoms with Crippen LogP contribution in [0.15, 0.2) is 22.4 Å². The van der Waals surface area contributed by atoms with E-state index in [0.29, 0.717) is 0 Å². The zero-order valence-electron chi connectivity index (χ0n) is 16.6. The Labute approximate surface area is 156 Å². The molecule has 0 aromatic heterocycles. The molecule has 25 heavy (non-hydrogen) atoms. The maximum Gasteiger partial charge on any atom is 0.0871 e. The second-order valence-electron chi connectivity index (χ2n) is 7.67. The molecule has 0 saturated heterocycles. The minimum atomic E-state index is -0.444. The van der Waals surface area contributed by atoms with Gasteiger partial charge in [0, 0.05) is 24.8 Å². The Morgan fingerprint density at radius 2 is 0.960 bits per heavy atom. The third kappa shape index (κ3) is 13.0. The summed E-state index contributed by atoms with van der Waals surface area (Å²) in [4.78, 5) is 8.31. The molecule has 1 heterocycles. The van der Waals surface area contributed by atoms with E-state index in [0.717, 1.165) is 12.8 Å². The minimum absolute atomic E-state index is 0.444. The van der Waals surface area contributed by atoms with Crippen molar-refractivity contribution in [2.45, 2.75) is 115 Å². The van der Waals surface area contributed by atoms with Gasteiger partial charge in [-0.05, 0) is 6.42 Å². The van der Waals surface area contributed by atoms with Crippen LogP contribution in [0, 0.1) is 0 Å². The highest BCUT2D eigenvalue weighted by Gasteiger charge is 2.19. The maximum absolute atomic E-state index is 6.27. The van der Waals surface area contributed by atoms with Crippen molar-refractivity contribution in [3.05, 3.63) is 12.4 Å². The smallest absolute Gasteiger partial charge is 0.0871 e. The first-order valence-corrected chi connectivity index (χ1v) is 10.8. The highest BCUT2D eigenvalue weighted by Crippen LogP contribution is 2.15. The molecule has 0 bridgehead atoms. The van der Waals surface area contributed by atoms with Gasteiger partial charge < -0.3 is 5.73 Å². The van der Waals surface area contributed by atoms with E-state index in [9.17, 15) is 0 Å². The van der Waals surface area contributed by atoms with Crippen molar-refractivity contribution in [3.8, 4) is 0 Å². The van der Waals surface area contributed by atoms with Crippen LogP contribution >= 0.6 is 0 Å². The zero-order chi connectivity index (χ0) is 18.1. The summed E-state index contributed by atoms with van der Waals surface area (Å²) >= 11 is 0. The van der Waals surface area contributed by atoms with E-state index in [1.165, 1.54) is 89.9 Å². The van der Waals surface area contributed by atoms with Gasteiger partial charge in [0.05, 0.1) is 5.54 Å². The number of hydrogen-bond acceptors (Lipinski definition) is 3. The standard InChI is InChI=1S/C22H41N3/c1-2-3-4-5-6-7-8-9-10-11-12-13-14-15-16-17-22(23)20-24-18-19-25-21-22/h18-21H,2-17,23H2,1H3. The Kier molecular flexibility index (Phi) is 13.5. The van der Waals surface area contributed by atoms with Gasteiger partial charge in [0.25, 0.3) is 0 Å². The molecule has 1 aliphatic heterocycles. The molecule has 3 nitrogen and oxygen atoms in total. The molecule has 0 fully saturated rings. The topological polar surface area (TPSA) is 50.7 Å². The van der Waals surface area contributed by atoms with Crippen LogP contribution in [0.1, 0.15) is 110 Å². The number of hydrogen-bond donors (Lipinski definition) is 1. The largest absolute Gasteiger partial charge is 0.316 e. The van der Waals surface area contributed by atoms with Gasteiger partial charge in [-0.1, -0.05) is 103 Å². The average Bonchev–Trinajstić information content (AvgIpc) is 2.83. The number of unbranched alkanes of at least 4 members (excludes halogenated alkanes) is 14. The van der Waals surface area contributed by atoms with E-state index in [4.69, 9.17) is 5.73 Å². The lowest BCUT2D eigenvalue weighted by Gasteiger charge is -2.18. The number of aliphatic imine (C=N–C) groups is 2. The third-order valence-electron chi connectivity index (χ3n) is 5.08. The highest BCUT2D eigenvalue weighted by molar-refractivity contribution is 5.94. The molecular formula is C22H41N3. The van der Waals surface area contributed by atoms with Gasteiger partial charge in [0.15, 0.2) is 0 Å². The van der Waals surface area contributed by atoms with E-state index in [2.05, 4.69) is 16.9 Å². The van der Waals surface area contributed by atoms with E-state index in [1.54, 1.807) is 12.4 Å². The number of nitrogens with zero attached hydrogens (tertiary/aromatic N) is 2. The van der Waals surface area contributed by atoms with E-state index < -0.39 is 5.54 Å². The monoisotopic (exact) mass is 347 g/mol. The van der Waals surface area contributed by atoms with Crippen LogP contribution in [-0.2, 0) is 0 Å². The molecule has 144 valence electrons. The fourth-order valence-corrected chi connectivity index (χ4v) is 3.41. The van der Waals surface area contributed by atoms with Gasteiger partial charge in [-0.2, -0.15) is 0 Å². The van der Waals surface area contributed by atoms with E-state index >= 15 is 0 Å². The molecule has 0 aromatic carbocycles. The molecule has 0 radical (unpaired) electrons. The Bertz CT molecular complexity index is 369. The Morgan fingerprint density at radius 1 is 0.600 bits per heavy atom. The first kappa shape index (κ1) is 22.1. The molecular weight excluding hydrogens is 306 g/mol. The summed E-state index contributed by atoms with van der Waals surface area (Å²) < 4.78 is 0. The van der Waals surface area contributed by atoms with Crippen molar-refractivity contribution in [1.82, 2.24) is 0 Å². The average molecular weight is 348 g/mol.